The molecule has 0 saturated heterocycles. The van der Waals surface area contributed by atoms with Crippen molar-refractivity contribution in [1.29, 1.82) is 0 Å². The van der Waals surface area contributed by atoms with Gasteiger partial charge in [-0.1, -0.05) is 12.8 Å². The van der Waals surface area contributed by atoms with Crippen molar-refractivity contribution in [2.75, 3.05) is 25.5 Å². The van der Waals surface area contributed by atoms with Crippen molar-refractivity contribution < 1.29 is 9.53 Å². The van der Waals surface area contributed by atoms with Gasteiger partial charge in [0, 0.05) is 35.8 Å². The second-order valence-electron chi connectivity index (χ2n) is 8.45. The van der Waals surface area contributed by atoms with Crippen LogP contribution in [0.5, 0.6) is 5.75 Å². The molecule has 190 valence electrons. The maximum Gasteiger partial charge on any atom is 0.251 e. The van der Waals surface area contributed by atoms with E-state index < -0.39 is 0 Å². The fourth-order valence-electron chi connectivity index (χ4n) is 4.04. The number of aromatic nitrogens is 3. The Bertz CT molecular complexity index is 1290. The van der Waals surface area contributed by atoms with Crippen LogP contribution in [-0.2, 0) is 0 Å². The van der Waals surface area contributed by atoms with Crippen LogP contribution in [-0.4, -0.2) is 40.5 Å². The molecule has 0 fully saturated rings. The van der Waals surface area contributed by atoms with E-state index in [1.807, 2.05) is 66.2 Å². The van der Waals surface area contributed by atoms with Crippen molar-refractivity contribution in [3.63, 3.8) is 0 Å². The van der Waals surface area contributed by atoms with E-state index in [2.05, 4.69) is 20.6 Å². The molecule has 0 atom stereocenters. The molecule has 0 bridgehead atoms. The molecule has 8 nitrogen and oxygen atoms in total. The molecule has 9 heteroatoms. The molecular formula is C27H33ClN6O2. The second-order valence-corrected chi connectivity index (χ2v) is 8.45. The Kier molecular flexibility index (Phi) is 9.67. The molecule has 0 saturated carbocycles. The molecule has 2 aromatic heterocycles. The van der Waals surface area contributed by atoms with E-state index in [0.29, 0.717) is 23.6 Å². The van der Waals surface area contributed by atoms with Gasteiger partial charge in [-0.2, -0.15) is 0 Å². The molecule has 4 N–H and O–H groups in total. The number of nitrogens with one attached hydrogen (secondary N) is 2. The number of amides is 1. The Labute approximate surface area is 217 Å². The highest BCUT2D eigenvalue weighted by atomic mass is 35.5. The number of rotatable bonds is 11. The first-order valence-corrected chi connectivity index (χ1v) is 11.9. The van der Waals surface area contributed by atoms with Crippen LogP contribution in [0.2, 0.25) is 0 Å². The number of unbranched alkanes of at least 4 members (excludes halogenated alkanes) is 3. The molecule has 0 radical (unpaired) electrons. The highest BCUT2D eigenvalue weighted by Crippen LogP contribution is 2.27. The second kappa shape index (κ2) is 12.9. The molecule has 1 amide bonds. The first-order valence-electron chi connectivity index (χ1n) is 11.9. The maximum absolute atomic E-state index is 12.6. The smallest absolute Gasteiger partial charge is 0.251 e. The minimum absolute atomic E-state index is 0. The number of benzene rings is 2. The van der Waals surface area contributed by atoms with Crippen LogP contribution in [0.25, 0.3) is 16.9 Å². The number of anilines is 2. The first-order chi connectivity index (χ1) is 17.1. The van der Waals surface area contributed by atoms with Gasteiger partial charge in [-0.3, -0.25) is 9.20 Å². The zero-order valence-corrected chi connectivity index (χ0v) is 21.5. The van der Waals surface area contributed by atoms with Gasteiger partial charge in [-0.05, 0) is 74.3 Å². The quantitative estimate of drug-likeness (QED) is 0.242. The van der Waals surface area contributed by atoms with Gasteiger partial charge >= 0.3 is 0 Å². The third-order valence-corrected chi connectivity index (χ3v) is 5.96. The number of fused-ring (bicyclic) bond motifs is 1. The lowest BCUT2D eigenvalue weighted by atomic mass is 10.1. The monoisotopic (exact) mass is 508 g/mol. The van der Waals surface area contributed by atoms with Crippen molar-refractivity contribution in [3.05, 3.63) is 72.2 Å². The Morgan fingerprint density at radius 2 is 1.83 bits per heavy atom. The molecule has 36 heavy (non-hydrogen) atoms. The lowest BCUT2D eigenvalue weighted by molar-refractivity contribution is 0.0952. The number of nitrogens with zero attached hydrogens (tertiary/aromatic N) is 3. The van der Waals surface area contributed by atoms with Crippen LogP contribution < -0.4 is 21.1 Å². The van der Waals surface area contributed by atoms with Gasteiger partial charge in [0.2, 0.25) is 0 Å². The fraction of sp³-hybridized carbons (Fsp3) is 0.296. The molecule has 0 unspecified atom stereocenters. The van der Waals surface area contributed by atoms with Crippen molar-refractivity contribution in [1.82, 2.24) is 19.7 Å². The molecule has 0 spiro atoms. The predicted octanol–water partition coefficient (Wildman–Crippen LogP) is 5.13. The molecule has 4 aromatic rings. The van der Waals surface area contributed by atoms with E-state index in [1.165, 1.54) is 0 Å². The third kappa shape index (κ3) is 6.33. The first kappa shape index (κ1) is 27.0. The topological polar surface area (TPSA) is 107 Å². The summed E-state index contributed by atoms with van der Waals surface area (Å²) in [5.41, 5.74) is 10.6. The lowest BCUT2D eigenvalue weighted by Crippen LogP contribution is -2.25. The average Bonchev–Trinajstić information content (AvgIpc) is 3.31. The summed E-state index contributed by atoms with van der Waals surface area (Å²) in [4.78, 5) is 21.7. The summed E-state index contributed by atoms with van der Waals surface area (Å²) in [6.45, 7) is 3.33. The summed E-state index contributed by atoms with van der Waals surface area (Å²) in [7, 11) is 1.65. The predicted molar refractivity (Wildman–Crippen MR) is 147 cm³/mol. The number of hydrogen-bond acceptors (Lipinski definition) is 6. The lowest BCUT2D eigenvalue weighted by Gasteiger charge is -2.11. The largest absolute Gasteiger partial charge is 0.497 e. The van der Waals surface area contributed by atoms with E-state index in [4.69, 9.17) is 10.5 Å². The number of methoxy groups -OCH3 is 1. The zero-order chi connectivity index (χ0) is 24.6. The summed E-state index contributed by atoms with van der Waals surface area (Å²) in [5.74, 6) is 1.40. The van der Waals surface area contributed by atoms with Crippen LogP contribution in [0.15, 0.2) is 61.1 Å². The van der Waals surface area contributed by atoms with Crippen molar-refractivity contribution in [2.24, 2.45) is 5.73 Å². The summed E-state index contributed by atoms with van der Waals surface area (Å²) in [6.07, 6.45) is 9.64. The zero-order valence-electron chi connectivity index (χ0n) is 20.7. The van der Waals surface area contributed by atoms with E-state index in [1.54, 1.807) is 13.3 Å². The number of carbonyl (C=O) groups excluding carboxylic acids is 1. The summed E-state index contributed by atoms with van der Waals surface area (Å²) < 4.78 is 7.26. The molecule has 0 aliphatic rings. The van der Waals surface area contributed by atoms with Crippen molar-refractivity contribution in [2.45, 2.75) is 32.6 Å². The molecule has 0 aliphatic heterocycles. The summed E-state index contributed by atoms with van der Waals surface area (Å²) in [6, 6.07) is 13.5. The fourth-order valence-corrected chi connectivity index (χ4v) is 4.04. The molecule has 2 aromatic carbocycles. The molecule has 4 rings (SSSR count). The maximum atomic E-state index is 12.6. The average molecular weight is 509 g/mol. The van der Waals surface area contributed by atoms with Crippen molar-refractivity contribution >= 4 is 35.5 Å². The van der Waals surface area contributed by atoms with Crippen LogP contribution in [0.4, 0.5) is 11.5 Å². The Morgan fingerprint density at radius 1 is 1.06 bits per heavy atom. The van der Waals surface area contributed by atoms with Gasteiger partial charge in [0.15, 0.2) is 11.5 Å². The van der Waals surface area contributed by atoms with Crippen LogP contribution in [0, 0.1) is 6.92 Å². The summed E-state index contributed by atoms with van der Waals surface area (Å²) in [5, 5.41) is 6.36. The van der Waals surface area contributed by atoms with Crippen LogP contribution in [0.1, 0.15) is 41.6 Å². The SMILES string of the molecule is COc1ccc(-c2cnc3c(Nc4ccc(C(=O)NCCCCCCN)c(C)c4)nccn23)cc1.Cl. The summed E-state index contributed by atoms with van der Waals surface area (Å²) >= 11 is 0. The molecule has 2 heterocycles. The number of halogens is 1. The normalized spacial score (nSPS) is 10.6. The molecule has 0 aliphatic carbocycles. The number of hydrogen-bond donors (Lipinski definition) is 3. The van der Waals surface area contributed by atoms with Crippen molar-refractivity contribution in [3.8, 4) is 17.0 Å². The van der Waals surface area contributed by atoms with Crippen LogP contribution in [0.3, 0.4) is 0 Å². The van der Waals surface area contributed by atoms with Gasteiger partial charge in [0.1, 0.15) is 5.75 Å². The highest BCUT2D eigenvalue weighted by molar-refractivity contribution is 5.96. The Hall–Kier alpha value is -3.62. The highest BCUT2D eigenvalue weighted by Gasteiger charge is 2.13. The minimum atomic E-state index is -0.0505. The van der Waals surface area contributed by atoms with E-state index in [9.17, 15) is 4.79 Å². The minimum Gasteiger partial charge on any atom is -0.497 e. The van der Waals surface area contributed by atoms with Crippen LogP contribution >= 0.6 is 12.4 Å². The van der Waals surface area contributed by atoms with Gasteiger partial charge < -0.3 is 21.1 Å². The third-order valence-electron chi connectivity index (χ3n) is 5.96. The van der Waals surface area contributed by atoms with Gasteiger partial charge in [-0.15, -0.1) is 12.4 Å². The van der Waals surface area contributed by atoms with Gasteiger partial charge in [-0.25, -0.2) is 9.97 Å². The number of ether oxygens (including phenoxy) is 1. The number of carbonyl (C=O) groups is 1. The number of aryl methyl sites for hydroxylation is 1. The Morgan fingerprint density at radius 3 is 2.56 bits per heavy atom. The number of nitrogens with two attached hydrogens (primary N) is 1. The van der Waals surface area contributed by atoms with E-state index >= 15 is 0 Å². The standard InChI is InChI=1S/C27H32N6O2.ClH/c1-19-17-21(9-12-23(19)27(34)30-14-6-4-3-5-13-28)32-25-26-31-18-24(33(26)16-15-29-25)20-7-10-22(35-2)11-8-20;/h7-12,15-18H,3-6,13-14,28H2,1-2H3,(H,29,32)(H,30,34);1H. The number of imidazole rings is 1. The van der Waals surface area contributed by atoms with E-state index in [0.717, 1.165) is 60.5 Å². The van der Waals surface area contributed by atoms with Gasteiger partial charge in [0.25, 0.3) is 5.91 Å². The molecular weight excluding hydrogens is 476 g/mol. The van der Waals surface area contributed by atoms with E-state index in [-0.39, 0.29) is 18.3 Å². The Balaban J connectivity index is 0.00000361. The van der Waals surface area contributed by atoms with Gasteiger partial charge in [0.05, 0.1) is 19.0 Å².